The molecule has 0 spiro atoms. The highest BCUT2D eigenvalue weighted by molar-refractivity contribution is 5.66. The van der Waals surface area contributed by atoms with Gasteiger partial charge in [-0.2, -0.15) is 0 Å². The van der Waals surface area contributed by atoms with Crippen LogP contribution >= 0.6 is 0 Å². The van der Waals surface area contributed by atoms with Gasteiger partial charge in [-0.15, -0.1) is 0 Å². The van der Waals surface area contributed by atoms with Crippen LogP contribution in [0.25, 0.3) is 0 Å². The van der Waals surface area contributed by atoms with Gasteiger partial charge in [-0.3, -0.25) is 4.79 Å². The van der Waals surface area contributed by atoms with E-state index in [1.165, 1.54) is 51.4 Å². The van der Waals surface area contributed by atoms with Crippen molar-refractivity contribution >= 4 is 5.97 Å². The first kappa shape index (κ1) is 21.0. The van der Waals surface area contributed by atoms with Crippen LogP contribution in [-0.2, 0) is 4.79 Å². The average Bonchev–Trinajstić information content (AvgIpc) is 3.04. The lowest BCUT2D eigenvalue weighted by molar-refractivity contribution is -0.137. The first-order valence-corrected chi connectivity index (χ1v) is 9.91. The molecule has 1 saturated carbocycles. The van der Waals surface area contributed by atoms with E-state index in [2.05, 4.69) is 12.2 Å². The van der Waals surface area contributed by atoms with Gasteiger partial charge in [-0.1, -0.05) is 82.1 Å². The molecule has 0 amide bonds. The number of aliphatic carboxylic acids is 1. The molecule has 2 N–H and O–H groups in total. The molecule has 1 rings (SSSR count). The van der Waals surface area contributed by atoms with E-state index < -0.39 is 5.97 Å². The molecule has 0 radical (unpaired) electrons. The summed E-state index contributed by atoms with van der Waals surface area (Å²) in [6.45, 7) is 0. The summed E-state index contributed by atoms with van der Waals surface area (Å²) in [5.41, 5.74) is 0. The van der Waals surface area contributed by atoms with Crippen LogP contribution in [0.15, 0.2) is 24.3 Å². The maximum absolute atomic E-state index is 10.4. The fourth-order valence-corrected chi connectivity index (χ4v) is 3.46. The standard InChI is InChI=1S/C21H36O3/c22-20(18-19-14-12-13-15-19)16-10-8-6-4-2-1-3-5-7-9-11-17-21(23)24/h6,8,10,16,19-20,22H,1-5,7,9,11-15,17-18H2,(H,23,24)/b8-6+,16-10+. The third-order valence-electron chi connectivity index (χ3n) is 4.89. The van der Waals surface area contributed by atoms with Crippen LogP contribution in [0.1, 0.15) is 89.9 Å². The van der Waals surface area contributed by atoms with Gasteiger partial charge in [0.2, 0.25) is 0 Å². The van der Waals surface area contributed by atoms with Gasteiger partial charge in [0.25, 0.3) is 0 Å². The molecule has 0 aromatic rings. The first-order chi connectivity index (χ1) is 11.7. The van der Waals surface area contributed by atoms with E-state index in [0.29, 0.717) is 6.42 Å². The van der Waals surface area contributed by atoms with E-state index in [-0.39, 0.29) is 6.10 Å². The molecule has 0 aromatic carbocycles. The number of rotatable bonds is 14. The van der Waals surface area contributed by atoms with E-state index >= 15 is 0 Å². The molecule has 0 aliphatic heterocycles. The minimum atomic E-state index is -0.679. The normalized spacial score (nSPS) is 17.2. The molecule has 0 bridgehead atoms. The lowest BCUT2D eigenvalue weighted by atomic mass is 10.00. The van der Waals surface area contributed by atoms with E-state index in [1.54, 1.807) is 0 Å². The van der Waals surface area contributed by atoms with Crippen molar-refractivity contribution in [2.75, 3.05) is 0 Å². The number of hydrogen-bond acceptors (Lipinski definition) is 2. The lowest BCUT2D eigenvalue weighted by Gasteiger charge is -2.11. The fourth-order valence-electron chi connectivity index (χ4n) is 3.46. The summed E-state index contributed by atoms with van der Waals surface area (Å²) < 4.78 is 0. The summed E-state index contributed by atoms with van der Waals surface area (Å²) >= 11 is 0. The maximum Gasteiger partial charge on any atom is 0.303 e. The second-order valence-electron chi connectivity index (χ2n) is 7.17. The van der Waals surface area contributed by atoms with Crippen molar-refractivity contribution in [2.24, 2.45) is 5.92 Å². The highest BCUT2D eigenvalue weighted by atomic mass is 16.4. The Morgan fingerprint density at radius 1 is 0.958 bits per heavy atom. The van der Waals surface area contributed by atoms with Gasteiger partial charge in [-0.05, 0) is 31.6 Å². The van der Waals surface area contributed by atoms with Gasteiger partial charge in [0.15, 0.2) is 0 Å². The van der Waals surface area contributed by atoms with Crippen molar-refractivity contribution in [1.29, 1.82) is 0 Å². The van der Waals surface area contributed by atoms with Crippen molar-refractivity contribution in [3.63, 3.8) is 0 Å². The van der Waals surface area contributed by atoms with Crippen LogP contribution in [-0.4, -0.2) is 22.3 Å². The molecular weight excluding hydrogens is 300 g/mol. The SMILES string of the molecule is O=C(O)CCCCCCCCC/C=C/C=C/C(O)CC1CCCC1. The third kappa shape index (κ3) is 12.3. The molecule has 1 aliphatic carbocycles. The summed E-state index contributed by atoms with van der Waals surface area (Å²) in [7, 11) is 0. The van der Waals surface area contributed by atoms with Gasteiger partial charge >= 0.3 is 5.97 Å². The Hall–Kier alpha value is -1.09. The van der Waals surface area contributed by atoms with Crippen LogP contribution < -0.4 is 0 Å². The minimum Gasteiger partial charge on any atom is -0.481 e. The minimum absolute atomic E-state index is 0.279. The number of carbonyl (C=O) groups is 1. The summed E-state index contributed by atoms with van der Waals surface area (Å²) in [5.74, 6) is 0.0552. The average molecular weight is 337 g/mol. The van der Waals surface area contributed by atoms with Gasteiger partial charge < -0.3 is 10.2 Å². The van der Waals surface area contributed by atoms with Crippen molar-refractivity contribution in [3.8, 4) is 0 Å². The molecule has 0 heterocycles. The Bertz CT molecular complexity index is 367. The summed E-state index contributed by atoms with van der Waals surface area (Å²) in [6, 6.07) is 0. The number of hydrogen-bond donors (Lipinski definition) is 2. The molecule has 0 saturated heterocycles. The quantitative estimate of drug-likeness (QED) is 0.319. The number of aliphatic hydroxyl groups excluding tert-OH is 1. The molecule has 1 fully saturated rings. The second-order valence-corrected chi connectivity index (χ2v) is 7.17. The molecular formula is C21H36O3. The highest BCUT2D eigenvalue weighted by Gasteiger charge is 2.17. The first-order valence-electron chi connectivity index (χ1n) is 9.91. The largest absolute Gasteiger partial charge is 0.481 e. The predicted molar refractivity (Wildman–Crippen MR) is 100 cm³/mol. The Morgan fingerprint density at radius 2 is 1.58 bits per heavy atom. The molecule has 1 unspecified atom stereocenters. The number of unbranched alkanes of at least 4 members (excludes halogenated alkanes) is 7. The molecule has 1 atom stereocenters. The van der Waals surface area contributed by atoms with Crippen molar-refractivity contribution in [3.05, 3.63) is 24.3 Å². The zero-order valence-corrected chi connectivity index (χ0v) is 15.2. The second kappa shape index (κ2) is 14.3. The number of allylic oxidation sites excluding steroid dienone is 3. The number of aliphatic hydroxyl groups is 1. The van der Waals surface area contributed by atoms with Crippen molar-refractivity contribution in [1.82, 2.24) is 0 Å². The summed E-state index contributed by atoms with van der Waals surface area (Å²) in [4.78, 5) is 10.4. The van der Waals surface area contributed by atoms with Gasteiger partial charge in [0.1, 0.15) is 0 Å². The number of carboxylic acids is 1. The van der Waals surface area contributed by atoms with Gasteiger partial charge in [0.05, 0.1) is 6.10 Å². The van der Waals surface area contributed by atoms with E-state index in [4.69, 9.17) is 5.11 Å². The van der Waals surface area contributed by atoms with Crippen LogP contribution in [0.3, 0.4) is 0 Å². The predicted octanol–water partition coefficient (Wildman–Crippen LogP) is 5.64. The number of carboxylic acid groups (broad SMARTS) is 1. The fraction of sp³-hybridized carbons (Fsp3) is 0.762. The van der Waals surface area contributed by atoms with Crippen LogP contribution in [0, 0.1) is 5.92 Å². The molecule has 3 nitrogen and oxygen atoms in total. The van der Waals surface area contributed by atoms with Crippen LogP contribution in [0.5, 0.6) is 0 Å². The summed E-state index contributed by atoms with van der Waals surface area (Å²) in [6.07, 6.45) is 23.4. The molecule has 138 valence electrons. The smallest absolute Gasteiger partial charge is 0.303 e. The molecule has 24 heavy (non-hydrogen) atoms. The van der Waals surface area contributed by atoms with Gasteiger partial charge in [0, 0.05) is 6.42 Å². The zero-order valence-electron chi connectivity index (χ0n) is 15.2. The highest BCUT2D eigenvalue weighted by Crippen LogP contribution is 2.28. The molecule has 0 aromatic heterocycles. The van der Waals surface area contributed by atoms with E-state index in [0.717, 1.165) is 38.0 Å². The zero-order chi connectivity index (χ0) is 17.5. The van der Waals surface area contributed by atoms with Crippen LogP contribution in [0.2, 0.25) is 0 Å². The van der Waals surface area contributed by atoms with Gasteiger partial charge in [-0.25, -0.2) is 0 Å². The van der Waals surface area contributed by atoms with E-state index in [1.807, 2.05) is 12.2 Å². The van der Waals surface area contributed by atoms with Crippen molar-refractivity contribution in [2.45, 2.75) is 96.0 Å². The maximum atomic E-state index is 10.4. The Labute approximate surface area is 147 Å². The van der Waals surface area contributed by atoms with Crippen molar-refractivity contribution < 1.29 is 15.0 Å². The van der Waals surface area contributed by atoms with Crippen LogP contribution in [0.4, 0.5) is 0 Å². The Morgan fingerprint density at radius 3 is 2.25 bits per heavy atom. The molecule has 3 heteroatoms. The molecule has 1 aliphatic rings. The third-order valence-corrected chi connectivity index (χ3v) is 4.89. The Kier molecular flexibility index (Phi) is 12.5. The lowest BCUT2D eigenvalue weighted by Crippen LogP contribution is -2.08. The Balaban J connectivity index is 1.86. The van der Waals surface area contributed by atoms with E-state index in [9.17, 15) is 9.90 Å². The summed E-state index contributed by atoms with van der Waals surface area (Å²) in [5, 5.41) is 18.5. The topological polar surface area (TPSA) is 57.5 Å². The monoisotopic (exact) mass is 336 g/mol.